The Morgan fingerprint density at radius 3 is 2.60 bits per heavy atom. The van der Waals surface area contributed by atoms with Crippen molar-refractivity contribution >= 4 is 29.1 Å². The van der Waals surface area contributed by atoms with Gasteiger partial charge in [-0.1, -0.05) is 30.3 Å². The van der Waals surface area contributed by atoms with Crippen LogP contribution < -0.4 is 0 Å². The smallest absolute Gasteiger partial charge is 0.231 e. The van der Waals surface area contributed by atoms with Crippen LogP contribution in [0.2, 0.25) is 0 Å². The summed E-state index contributed by atoms with van der Waals surface area (Å²) in [5.41, 5.74) is 0.447. The first-order valence-corrected chi connectivity index (χ1v) is 7.53. The van der Waals surface area contributed by atoms with Crippen molar-refractivity contribution in [2.75, 3.05) is 19.7 Å². The first kappa shape index (κ1) is 14.2. The van der Waals surface area contributed by atoms with Gasteiger partial charge in [-0.15, -0.1) is 23.2 Å². The third kappa shape index (κ3) is 2.32. The number of amides is 1. The van der Waals surface area contributed by atoms with Crippen LogP contribution in [0.1, 0.15) is 25.0 Å². The molecule has 1 aromatic rings. The van der Waals surface area contributed by atoms with E-state index in [4.69, 9.17) is 27.9 Å². The summed E-state index contributed by atoms with van der Waals surface area (Å²) < 4.78 is 4.86. The molecule has 1 aliphatic carbocycles. The van der Waals surface area contributed by atoms with Crippen LogP contribution in [-0.2, 0) is 9.53 Å². The summed E-state index contributed by atoms with van der Waals surface area (Å²) in [6, 6.07) is 9.96. The highest BCUT2D eigenvalue weighted by Crippen LogP contribution is 2.64. The Kier molecular flexibility index (Phi) is 3.47. The molecule has 20 heavy (non-hydrogen) atoms. The van der Waals surface area contributed by atoms with Crippen molar-refractivity contribution in [3.05, 3.63) is 35.9 Å². The minimum absolute atomic E-state index is 0.0340. The van der Waals surface area contributed by atoms with Crippen molar-refractivity contribution in [1.82, 2.24) is 4.90 Å². The number of halogens is 2. The summed E-state index contributed by atoms with van der Waals surface area (Å²) in [6.07, 6.45) is 0.450. The van der Waals surface area contributed by atoms with E-state index in [0.29, 0.717) is 26.1 Å². The van der Waals surface area contributed by atoms with E-state index < -0.39 is 9.75 Å². The molecule has 0 radical (unpaired) electrons. The molecular weight excluding hydrogens is 297 g/mol. The largest absolute Gasteiger partial charge is 0.370 e. The van der Waals surface area contributed by atoms with Crippen LogP contribution in [0.25, 0.3) is 0 Å². The van der Waals surface area contributed by atoms with Gasteiger partial charge in [-0.05, 0) is 18.9 Å². The minimum atomic E-state index is -0.912. The number of morpholine rings is 1. The number of alkyl halides is 2. The second-order valence-electron chi connectivity index (χ2n) is 5.73. The molecule has 0 spiro atoms. The maximum Gasteiger partial charge on any atom is 0.231 e. The highest BCUT2D eigenvalue weighted by Gasteiger charge is 2.68. The molecule has 2 fully saturated rings. The van der Waals surface area contributed by atoms with Gasteiger partial charge < -0.3 is 9.64 Å². The second-order valence-corrected chi connectivity index (χ2v) is 7.22. The molecule has 108 valence electrons. The van der Waals surface area contributed by atoms with Crippen molar-refractivity contribution in [1.29, 1.82) is 0 Å². The van der Waals surface area contributed by atoms with E-state index in [0.717, 1.165) is 5.56 Å². The highest BCUT2D eigenvalue weighted by atomic mass is 35.5. The van der Waals surface area contributed by atoms with E-state index in [-0.39, 0.29) is 12.0 Å². The molecule has 1 heterocycles. The fourth-order valence-electron chi connectivity index (χ4n) is 2.68. The van der Waals surface area contributed by atoms with E-state index in [1.54, 1.807) is 0 Å². The third-order valence-corrected chi connectivity index (χ3v) is 5.36. The molecule has 1 saturated heterocycles. The van der Waals surface area contributed by atoms with Crippen molar-refractivity contribution in [3.8, 4) is 0 Å². The van der Waals surface area contributed by atoms with Gasteiger partial charge in [-0.2, -0.15) is 0 Å². The molecule has 0 bridgehead atoms. The molecule has 0 unspecified atom stereocenters. The quantitative estimate of drug-likeness (QED) is 0.785. The second kappa shape index (κ2) is 4.90. The van der Waals surface area contributed by atoms with Crippen molar-refractivity contribution < 1.29 is 9.53 Å². The van der Waals surface area contributed by atoms with Gasteiger partial charge >= 0.3 is 0 Å². The average molecular weight is 314 g/mol. The van der Waals surface area contributed by atoms with Crippen molar-refractivity contribution in [2.24, 2.45) is 5.41 Å². The molecule has 2 aliphatic rings. The summed E-state index contributed by atoms with van der Waals surface area (Å²) in [5, 5.41) is 0. The standard InChI is InChI=1S/C15H17Cl2NO2/c1-14(10-15(14,16)17)13(19)18-7-8-20-12(9-18)11-5-3-2-4-6-11/h2-6,12H,7-10H2,1H3/t12-,14+/m0/s1. The summed E-state index contributed by atoms with van der Waals surface area (Å²) in [5.74, 6) is 0.0340. The van der Waals surface area contributed by atoms with E-state index >= 15 is 0 Å². The predicted octanol–water partition coefficient (Wildman–Crippen LogP) is 3.17. The van der Waals surface area contributed by atoms with Gasteiger partial charge in [0.15, 0.2) is 0 Å². The molecule has 1 saturated carbocycles. The number of benzene rings is 1. The summed E-state index contributed by atoms with van der Waals surface area (Å²) >= 11 is 12.2. The number of rotatable bonds is 2. The molecule has 0 N–H and O–H groups in total. The molecule has 1 aromatic carbocycles. The number of hydrogen-bond acceptors (Lipinski definition) is 2. The summed E-state index contributed by atoms with van der Waals surface area (Å²) in [6.45, 7) is 3.53. The highest BCUT2D eigenvalue weighted by molar-refractivity contribution is 6.53. The lowest BCUT2D eigenvalue weighted by Gasteiger charge is -2.35. The van der Waals surface area contributed by atoms with E-state index in [9.17, 15) is 4.79 Å². The SMILES string of the molecule is C[C@]1(C(=O)N2CCO[C@H](c3ccccc3)C2)CC1(Cl)Cl. The topological polar surface area (TPSA) is 29.5 Å². The molecule has 0 aromatic heterocycles. The Morgan fingerprint density at radius 1 is 1.35 bits per heavy atom. The molecule has 3 rings (SSSR count). The van der Waals surface area contributed by atoms with Crippen LogP contribution in [0.5, 0.6) is 0 Å². The van der Waals surface area contributed by atoms with Crippen molar-refractivity contribution in [2.45, 2.75) is 23.8 Å². The van der Waals surface area contributed by atoms with Gasteiger partial charge in [0.1, 0.15) is 10.4 Å². The van der Waals surface area contributed by atoms with Gasteiger partial charge in [-0.25, -0.2) is 0 Å². The molecular formula is C15H17Cl2NO2. The number of carbonyl (C=O) groups is 1. The number of hydrogen-bond donors (Lipinski definition) is 0. The van der Waals surface area contributed by atoms with Gasteiger partial charge in [0, 0.05) is 6.54 Å². The van der Waals surface area contributed by atoms with Crippen LogP contribution in [-0.4, -0.2) is 34.8 Å². The van der Waals surface area contributed by atoms with Crippen LogP contribution in [0.15, 0.2) is 30.3 Å². The van der Waals surface area contributed by atoms with Crippen LogP contribution in [0, 0.1) is 5.41 Å². The Labute approximate surface area is 128 Å². The number of carbonyl (C=O) groups excluding carboxylic acids is 1. The van der Waals surface area contributed by atoms with Gasteiger partial charge in [0.2, 0.25) is 5.91 Å². The van der Waals surface area contributed by atoms with Crippen molar-refractivity contribution in [3.63, 3.8) is 0 Å². The lowest BCUT2D eigenvalue weighted by atomic mass is 10.0. The minimum Gasteiger partial charge on any atom is -0.370 e. The zero-order chi connectivity index (χ0) is 14.4. The predicted molar refractivity (Wildman–Crippen MR) is 78.9 cm³/mol. The molecule has 5 heteroatoms. The molecule has 2 atom stereocenters. The zero-order valence-electron chi connectivity index (χ0n) is 11.3. The third-order valence-electron chi connectivity index (χ3n) is 4.25. The average Bonchev–Trinajstić information content (AvgIpc) is 2.99. The molecule has 3 nitrogen and oxygen atoms in total. The van der Waals surface area contributed by atoms with E-state index in [2.05, 4.69) is 0 Å². The number of nitrogens with zero attached hydrogens (tertiary/aromatic N) is 1. The van der Waals surface area contributed by atoms with Gasteiger partial charge in [0.05, 0.1) is 18.6 Å². The fourth-order valence-corrected chi connectivity index (χ4v) is 3.38. The maximum atomic E-state index is 12.6. The molecule has 1 aliphatic heterocycles. The Hall–Kier alpha value is -0.770. The molecule has 1 amide bonds. The van der Waals surface area contributed by atoms with E-state index in [1.807, 2.05) is 42.2 Å². The number of ether oxygens (including phenoxy) is 1. The lowest BCUT2D eigenvalue weighted by molar-refractivity contribution is -0.144. The van der Waals surface area contributed by atoms with Gasteiger partial charge in [0.25, 0.3) is 0 Å². The monoisotopic (exact) mass is 313 g/mol. The Morgan fingerprint density at radius 2 is 2.00 bits per heavy atom. The van der Waals surface area contributed by atoms with Crippen LogP contribution in [0.4, 0.5) is 0 Å². The first-order valence-electron chi connectivity index (χ1n) is 6.78. The van der Waals surface area contributed by atoms with E-state index in [1.165, 1.54) is 0 Å². The lowest BCUT2D eigenvalue weighted by Crippen LogP contribution is -2.46. The summed E-state index contributed by atoms with van der Waals surface area (Å²) in [7, 11) is 0. The Bertz CT molecular complexity index is 520. The fraction of sp³-hybridized carbons (Fsp3) is 0.533. The summed E-state index contributed by atoms with van der Waals surface area (Å²) in [4.78, 5) is 14.4. The zero-order valence-corrected chi connectivity index (χ0v) is 12.8. The van der Waals surface area contributed by atoms with Crippen LogP contribution in [0.3, 0.4) is 0 Å². The maximum absolute atomic E-state index is 12.6. The first-order chi connectivity index (χ1) is 9.44. The normalized spacial score (nSPS) is 31.9. The Balaban J connectivity index is 1.72. The van der Waals surface area contributed by atoms with Crippen LogP contribution >= 0.6 is 23.2 Å². The van der Waals surface area contributed by atoms with Gasteiger partial charge in [-0.3, -0.25) is 4.79 Å².